The van der Waals surface area contributed by atoms with Gasteiger partial charge in [-0.2, -0.15) is 0 Å². The molecule has 0 bridgehead atoms. The van der Waals surface area contributed by atoms with E-state index in [0.717, 1.165) is 26.4 Å². The van der Waals surface area contributed by atoms with Gasteiger partial charge in [-0.25, -0.2) is 0 Å². The Kier molecular flexibility index (Phi) is 3.30. The quantitative estimate of drug-likeness (QED) is 0.893. The number of thiophene rings is 1. The third kappa shape index (κ3) is 2.12. The molecule has 0 aliphatic carbocycles. The first kappa shape index (κ1) is 13.2. The van der Waals surface area contributed by atoms with Crippen molar-refractivity contribution < 1.29 is 9.53 Å². The number of hydrogen-bond acceptors (Lipinski definition) is 4. The second kappa shape index (κ2) is 4.98. The van der Waals surface area contributed by atoms with Gasteiger partial charge < -0.3 is 15.4 Å². The summed E-state index contributed by atoms with van der Waals surface area (Å²) in [5.41, 5.74) is 0.942. The molecule has 3 rings (SSSR count). The van der Waals surface area contributed by atoms with Crippen molar-refractivity contribution in [3.8, 4) is 5.75 Å². The Bertz CT molecular complexity index is 663. The fourth-order valence-electron chi connectivity index (χ4n) is 2.43. The van der Waals surface area contributed by atoms with Crippen LogP contribution >= 0.6 is 11.3 Å². The molecule has 2 N–H and O–H groups in total. The van der Waals surface area contributed by atoms with Gasteiger partial charge in [0.15, 0.2) is 0 Å². The molecule has 1 atom stereocenters. The van der Waals surface area contributed by atoms with Crippen LogP contribution in [0, 0.1) is 5.92 Å². The van der Waals surface area contributed by atoms with Crippen molar-refractivity contribution >= 4 is 33.0 Å². The third-order valence-corrected chi connectivity index (χ3v) is 4.89. The van der Waals surface area contributed by atoms with Crippen LogP contribution in [-0.4, -0.2) is 25.6 Å². The first-order chi connectivity index (χ1) is 9.60. The lowest BCUT2D eigenvalue weighted by Crippen LogP contribution is -2.36. The average Bonchev–Trinajstić information content (AvgIpc) is 2.71. The van der Waals surface area contributed by atoms with Crippen molar-refractivity contribution in [3.63, 3.8) is 0 Å². The van der Waals surface area contributed by atoms with E-state index in [1.165, 1.54) is 11.3 Å². The lowest BCUT2D eigenvalue weighted by atomic mass is 10.0. The van der Waals surface area contributed by atoms with Crippen LogP contribution in [0.15, 0.2) is 18.2 Å². The summed E-state index contributed by atoms with van der Waals surface area (Å²) in [6, 6.07) is 6.17. The Morgan fingerprint density at radius 3 is 2.90 bits per heavy atom. The third-order valence-electron chi connectivity index (χ3n) is 3.72. The Labute approximate surface area is 122 Å². The zero-order valence-corrected chi connectivity index (χ0v) is 12.6. The zero-order valence-electron chi connectivity index (χ0n) is 11.8. The van der Waals surface area contributed by atoms with Crippen LogP contribution in [0.3, 0.4) is 0 Å². The van der Waals surface area contributed by atoms with Gasteiger partial charge >= 0.3 is 0 Å². The smallest absolute Gasteiger partial charge is 0.263 e. The molecule has 2 heterocycles. The maximum atomic E-state index is 12.2. The molecular weight excluding hydrogens is 272 g/mol. The first-order valence-corrected chi connectivity index (χ1v) is 7.57. The van der Waals surface area contributed by atoms with E-state index in [0.29, 0.717) is 12.5 Å². The predicted octanol–water partition coefficient (Wildman–Crippen LogP) is 3.09. The highest BCUT2D eigenvalue weighted by molar-refractivity contribution is 7.21. The van der Waals surface area contributed by atoms with E-state index in [4.69, 9.17) is 4.74 Å². The topological polar surface area (TPSA) is 50.4 Å². The minimum absolute atomic E-state index is 0.0100. The number of anilines is 1. The van der Waals surface area contributed by atoms with Gasteiger partial charge in [-0.3, -0.25) is 4.79 Å². The number of hydrogen-bond donors (Lipinski definition) is 2. The summed E-state index contributed by atoms with van der Waals surface area (Å²) in [5.74, 6) is 1.27. The van der Waals surface area contributed by atoms with E-state index in [1.807, 2.05) is 18.2 Å². The number of ether oxygens (including phenoxy) is 1. The predicted molar refractivity (Wildman–Crippen MR) is 83.0 cm³/mol. The van der Waals surface area contributed by atoms with Crippen molar-refractivity contribution in [2.24, 2.45) is 5.92 Å². The van der Waals surface area contributed by atoms with Gasteiger partial charge in [0.1, 0.15) is 10.6 Å². The van der Waals surface area contributed by atoms with Crippen molar-refractivity contribution in [1.29, 1.82) is 0 Å². The van der Waals surface area contributed by atoms with Gasteiger partial charge in [-0.05, 0) is 24.1 Å². The molecule has 0 spiro atoms. The summed E-state index contributed by atoms with van der Waals surface area (Å²) in [7, 11) is 1.66. The molecule has 0 fully saturated rings. The van der Waals surface area contributed by atoms with Gasteiger partial charge in [0, 0.05) is 22.7 Å². The van der Waals surface area contributed by atoms with Crippen molar-refractivity contribution in [2.45, 2.75) is 19.9 Å². The summed E-state index contributed by atoms with van der Waals surface area (Å²) in [5, 5.41) is 7.60. The summed E-state index contributed by atoms with van der Waals surface area (Å²) >= 11 is 1.52. The molecule has 5 heteroatoms. The highest BCUT2D eigenvalue weighted by Gasteiger charge is 2.26. The van der Waals surface area contributed by atoms with Crippen molar-refractivity contribution in [2.75, 3.05) is 19.0 Å². The highest BCUT2D eigenvalue weighted by Crippen LogP contribution is 2.39. The normalized spacial score (nSPS) is 18.4. The molecule has 1 aromatic carbocycles. The molecule has 0 saturated heterocycles. The number of fused-ring (bicyclic) bond motifs is 3. The maximum absolute atomic E-state index is 12.2. The summed E-state index contributed by atoms with van der Waals surface area (Å²) in [4.78, 5) is 13.0. The number of methoxy groups -OCH3 is 1. The molecule has 1 aromatic heterocycles. The number of carbonyl (C=O) groups excluding carboxylic acids is 1. The molecular formula is C15H18N2O2S. The molecule has 1 amide bonds. The lowest BCUT2D eigenvalue weighted by Gasteiger charge is -2.21. The van der Waals surface area contributed by atoms with Gasteiger partial charge in [-0.1, -0.05) is 13.8 Å². The number of carbonyl (C=O) groups is 1. The van der Waals surface area contributed by atoms with Crippen molar-refractivity contribution in [3.05, 3.63) is 23.1 Å². The Hall–Kier alpha value is -1.75. The first-order valence-electron chi connectivity index (χ1n) is 6.75. The minimum Gasteiger partial charge on any atom is -0.497 e. The SMILES string of the molecule is COc1ccc2sc3c(c2c1)NC(C(C)C)CNC3=O. The summed E-state index contributed by atoms with van der Waals surface area (Å²) < 4.78 is 6.39. The van der Waals surface area contributed by atoms with Gasteiger partial charge in [0.05, 0.1) is 12.8 Å². The largest absolute Gasteiger partial charge is 0.497 e. The monoisotopic (exact) mass is 290 g/mol. The van der Waals surface area contributed by atoms with Crippen LogP contribution in [0.2, 0.25) is 0 Å². The van der Waals surface area contributed by atoms with Crippen LogP contribution in [0.25, 0.3) is 10.1 Å². The van der Waals surface area contributed by atoms with Crippen molar-refractivity contribution in [1.82, 2.24) is 5.32 Å². The maximum Gasteiger partial charge on any atom is 0.263 e. The number of nitrogens with one attached hydrogen (secondary N) is 2. The fourth-order valence-corrected chi connectivity index (χ4v) is 3.49. The number of benzene rings is 1. The highest BCUT2D eigenvalue weighted by atomic mass is 32.1. The van der Waals surface area contributed by atoms with E-state index in [1.54, 1.807) is 7.11 Å². The second-order valence-corrected chi connectivity index (χ2v) is 6.43. The summed E-state index contributed by atoms with van der Waals surface area (Å²) in [6.45, 7) is 4.97. The molecule has 1 aliphatic rings. The minimum atomic E-state index is 0.0100. The van der Waals surface area contributed by atoms with Gasteiger partial charge in [-0.15, -0.1) is 11.3 Å². The fraction of sp³-hybridized carbons (Fsp3) is 0.400. The number of amides is 1. The van der Waals surface area contributed by atoms with E-state index in [9.17, 15) is 4.79 Å². The Morgan fingerprint density at radius 1 is 1.40 bits per heavy atom. The molecule has 4 nitrogen and oxygen atoms in total. The van der Waals surface area contributed by atoms with E-state index < -0.39 is 0 Å². The molecule has 1 aliphatic heterocycles. The molecule has 20 heavy (non-hydrogen) atoms. The molecule has 0 saturated carbocycles. The summed E-state index contributed by atoms with van der Waals surface area (Å²) in [6.07, 6.45) is 0. The van der Waals surface area contributed by atoms with E-state index >= 15 is 0 Å². The second-order valence-electron chi connectivity index (χ2n) is 5.37. The number of rotatable bonds is 2. The molecule has 0 radical (unpaired) electrons. The standard InChI is InChI=1S/C15H18N2O2S/c1-8(2)11-7-16-15(18)14-13(17-11)10-6-9(19-3)4-5-12(10)20-14/h4-6,8,11,17H,7H2,1-3H3,(H,16,18). The Balaban J connectivity index is 2.16. The van der Waals surface area contributed by atoms with E-state index in [2.05, 4.69) is 24.5 Å². The lowest BCUT2D eigenvalue weighted by molar-refractivity contribution is 0.0958. The zero-order chi connectivity index (χ0) is 14.3. The van der Waals surface area contributed by atoms with Crippen LogP contribution in [0.5, 0.6) is 5.75 Å². The average molecular weight is 290 g/mol. The van der Waals surface area contributed by atoms with E-state index in [-0.39, 0.29) is 11.9 Å². The Morgan fingerprint density at radius 2 is 2.20 bits per heavy atom. The molecule has 2 aromatic rings. The van der Waals surface area contributed by atoms with Crippen LogP contribution < -0.4 is 15.4 Å². The van der Waals surface area contributed by atoms with Gasteiger partial charge in [0.2, 0.25) is 0 Å². The molecule has 106 valence electrons. The van der Waals surface area contributed by atoms with Crippen LogP contribution in [-0.2, 0) is 0 Å². The van der Waals surface area contributed by atoms with Crippen LogP contribution in [0.1, 0.15) is 23.5 Å². The molecule has 1 unspecified atom stereocenters. The van der Waals surface area contributed by atoms with Crippen LogP contribution in [0.4, 0.5) is 5.69 Å². The van der Waals surface area contributed by atoms with Gasteiger partial charge in [0.25, 0.3) is 5.91 Å².